The van der Waals surface area contributed by atoms with Gasteiger partial charge in [0, 0.05) is 25.2 Å². The van der Waals surface area contributed by atoms with Gasteiger partial charge < -0.3 is 10.1 Å². The molecule has 1 aliphatic rings. The van der Waals surface area contributed by atoms with Crippen molar-refractivity contribution in [3.63, 3.8) is 0 Å². The van der Waals surface area contributed by atoms with E-state index in [0.29, 0.717) is 11.5 Å². The summed E-state index contributed by atoms with van der Waals surface area (Å²) in [7, 11) is 3.88. The summed E-state index contributed by atoms with van der Waals surface area (Å²) in [5.41, 5.74) is 1.87. The van der Waals surface area contributed by atoms with Gasteiger partial charge in [-0.3, -0.25) is 0 Å². The van der Waals surface area contributed by atoms with Crippen molar-refractivity contribution in [2.45, 2.75) is 43.6 Å². The molecule has 0 spiro atoms. The maximum atomic E-state index is 5.18. The fourth-order valence-electron chi connectivity index (χ4n) is 3.29. The minimum Gasteiger partial charge on any atom is -0.385 e. The molecule has 18 heavy (non-hydrogen) atoms. The highest BCUT2D eigenvalue weighted by atomic mass is 16.5. The smallest absolute Gasteiger partial charge is 0.0462 e. The summed E-state index contributed by atoms with van der Waals surface area (Å²) in [6, 6.07) is 11.6. The van der Waals surface area contributed by atoms with E-state index >= 15 is 0 Å². The lowest BCUT2D eigenvalue weighted by Gasteiger charge is -2.48. The number of benzene rings is 1. The van der Waals surface area contributed by atoms with Gasteiger partial charge in [0.15, 0.2) is 0 Å². The van der Waals surface area contributed by atoms with Gasteiger partial charge in [0.25, 0.3) is 0 Å². The van der Waals surface area contributed by atoms with E-state index in [0.717, 1.165) is 13.0 Å². The number of hydrogen-bond acceptors (Lipinski definition) is 2. The van der Waals surface area contributed by atoms with Gasteiger partial charge >= 0.3 is 0 Å². The Morgan fingerprint density at radius 2 is 2.00 bits per heavy atom. The van der Waals surface area contributed by atoms with Gasteiger partial charge in [-0.2, -0.15) is 0 Å². The van der Waals surface area contributed by atoms with Crippen molar-refractivity contribution in [1.82, 2.24) is 5.32 Å². The van der Waals surface area contributed by atoms with E-state index < -0.39 is 0 Å². The van der Waals surface area contributed by atoms with Crippen LogP contribution in [0.15, 0.2) is 30.3 Å². The Bertz CT molecular complexity index is 345. The number of methoxy groups -OCH3 is 1. The number of ether oxygens (including phenoxy) is 1. The van der Waals surface area contributed by atoms with Crippen LogP contribution in [-0.2, 0) is 10.2 Å². The van der Waals surface area contributed by atoms with E-state index in [1.54, 1.807) is 7.11 Å². The first kappa shape index (κ1) is 13.6. The Kier molecular flexibility index (Phi) is 4.79. The molecular formula is C16H25NO. The van der Waals surface area contributed by atoms with E-state index in [1.165, 1.54) is 31.2 Å². The third kappa shape index (κ3) is 2.60. The molecule has 1 unspecified atom stereocenters. The van der Waals surface area contributed by atoms with Crippen molar-refractivity contribution in [3.8, 4) is 0 Å². The highest BCUT2D eigenvalue weighted by molar-refractivity contribution is 5.30. The van der Waals surface area contributed by atoms with E-state index in [2.05, 4.69) is 42.7 Å². The molecule has 100 valence electrons. The Hall–Kier alpha value is -0.860. The summed E-state index contributed by atoms with van der Waals surface area (Å²) in [5.74, 6) is 0. The lowest BCUT2D eigenvalue weighted by atomic mass is 9.59. The van der Waals surface area contributed by atoms with Gasteiger partial charge in [-0.25, -0.2) is 0 Å². The first-order valence-corrected chi connectivity index (χ1v) is 7.05. The maximum absolute atomic E-state index is 5.18. The zero-order valence-corrected chi connectivity index (χ0v) is 11.6. The molecule has 0 heterocycles. The maximum Gasteiger partial charge on any atom is 0.0462 e. The summed E-state index contributed by atoms with van der Waals surface area (Å²) >= 11 is 0. The van der Waals surface area contributed by atoms with Crippen LogP contribution in [0.4, 0.5) is 0 Å². The van der Waals surface area contributed by atoms with Crippen LogP contribution in [0.1, 0.15) is 37.7 Å². The number of likely N-dealkylation sites (N-methyl/N-ethyl adjacent to an activating group) is 1. The SMILES string of the molecule is CNC(CCCOC)C1(c2ccccc2)CCC1. The van der Waals surface area contributed by atoms with Crippen molar-refractivity contribution in [2.24, 2.45) is 0 Å². The Labute approximate surface area is 111 Å². The van der Waals surface area contributed by atoms with Gasteiger partial charge in [-0.05, 0) is 38.3 Å². The molecule has 0 radical (unpaired) electrons. The van der Waals surface area contributed by atoms with E-state index in [4.69, 9.17) is 4.74 Å². The molecule has 0 bridgehead atoms. The summed E-state index contributed by atoms with van der Waals surface area (Å²) in [6.45, 7) is 0.864. The van der Waals surface area contributed by atoms with Crippen LogP contribution in [0.3, 0.4) is 0 Å². The minimum atomic E-state index is 0.365. The summed E-state index contributed by atoms with van der Waals surface area (Å²) < 4.78 is 5.18. The van der Waals surface area contributed by atoms with Crippen molar-refractivity contribution in [2.75, 3.05) is 20.8 Å². The number of hydrogen-bond donors (Lipinski definition) is 1. The van der Waals surface area contributed by atoms with Crippen molar-refractivity contribution in [1.29, 1.82) is 0 Å². The van der Waals surface area contributed by atoms with Gasteiger partial charge in [0.2, 0.25) is 0 Å². The second-order valence-electron chi connectivity index (χ2n) is 5.35. The number of nitrogens with one attached hydrogen (secondary N) is 1. The molecule has 1 fully saturated rings. The predicted octanol–water partition coefficient (Wildman–Crippen LogP) is 3.12. The van der Waals surface area contributed by atoms with Crippen LogP contribution in [0.2, 0.25) is 0 Å². The van der Waals surface area contributed by atoms with E-state index in [-0.39, 0.29) is 0 Å². The molecule has 2 rings (SSSR count). The normalized spacial score (nSPS) is 19.2. The number of rotatable bonds is 7. The largest absolute Gasteiger partial charge is 0.385 e. The molecule has 2 nitrogen and oxygen atoms in total. The molecule has 1 atom stereocenters. The van der Waals surface area contributed by atoms with Crippen LogP contribution < -0.4 is 5.32 Å². The highest BCUT2D eigenvalue weighted by Gasteiger charge is 2.44. The Morgan fingerprint density at radius 1 is 1.28 bits per heavy atom. The van der Waals surface area contributed by atoms with Crippen LogP contribution in [0, 0.1) is 0 Å². The first-order valence-electron chi connectivity index (χ1n) is 7.05. The van der Waals surface area contributed by atoms with Crippen LogP contribution >= 0.6 is 0 Å². The fourth-order valence-corrected chi connectivity index (χ4v) is 3.29. The molecule has 1 aromatic rings. The van der Waals surface area contributed by atoms with Gasteiger partial charge in [-0.1, -0.05) is 36.8 Å². The molecule has 0 aromatic heterocycles. The second-order valence-corrected chi connectivity index (χ2v) is 5.35. The second kappa shape index (κ2) is 6.35. The van der Waals surface area contributed by atoms with Crippen LogP contribution in [0.25, 0.3) is 0 Å². The molecule has 0 saturated heterocycles. The predicted molar refractivity (Wildman–Crippen MR) is 75.9 cm³/mol. The Morgan fingerprint density at radius 3 is 2.50 bits per heavy atom. The average Bonchev–Trinajstić information content (AvgIpc) is 2.37. The standard InChI is InChI=1S/C16H25NO/c1-17-15(10-6-13-18-2)16(11-7-12-16)14-8-4-3-5-9-14/h3-5,8-9,15,17H,6-7,10-13H2,1-2H3. The monoisotopic (exact) mass is 247 g/mol. The van der Waals surface area contributed by atoms with Crippen molar-refractivity contribution >= 4 is 0 Å². The summed E-state index contributed by atoms with van der Waals surface area (Å²) in [4.78, 5) is 0. The van der Waals surface area contributed by atoms with Crippen molar-refractivity contribution in [3.05, 3.63) is 35.9 Å². The van der Waals surface area contributed by atoms with Crippen LogP contribution in [0.5, 0.6) is 0 Å². The zero-order valence-electron chi connectivity index (χ0n) is 11.6. The molecule has 1 N–H and O–H groups in total. The minimum absolute atomic E-state index is 0.365. The Balaban J connectivity index is 2.10. The van der Waals surface area contributed by atoms with Gasteiger partial charge in [0.1, 0.15) is 0 Å². The van der Waals surface area contributed by atoms with Crippen LogP contribution in [-0.4, -0.2) is 26.8 Å². The van der Waals surface area contributed by atoms with E-state index in [1.807, 2.05) is 0 Å². The van der Waals surface area contributed by atoms with E-state index in [9.17, 15) is 0 Å². The molecule has 1 aromatic carbocycles. The van der Waals surface area contributed by atoms with Gasteiger partial charge in [-0.15, -0.1) is 0 Å². The van der Waals surface area contributed by atoms with Gasteiger partial charge in [0.05, 0.1) is 0 Å². The first-order chi connectivity index (χ1) is 8.83. The average molecular weight is 247 g/mol. The summed E-state index contributed by atoms with van der Waals surface area (Å²) in [5, 5.41) is 3.55. The lowest BCUT2D eigenvalue weighted by Crippen LogP contribution is -2.51. The molecule has 0 aliphatic heterocycles. The quantitative estimate of drug-likeness (QED) is 0.747. The lowest BCUT2D eigenvalue weighted by molar-refractivity contribution is 0.145. The summed E-state index contributed by atoms with van der Waals surface area (Å²) in [6.07, 6.45) is 6.32. The molecule has 0 amide bonds. The molecule has 1 aliphatic carbocycles. The molecule has 2 heteroatoms. The fraction of sp³-hybridized carbons (Fsp3) is 0.625. The molecular weight excluding hydrogens is 222 g/mol. The topological polar surface area (TPSA) is 21.3 Å². The highest BCUT2D eigenvalue weighted by Crippen LogP contribution is 2.47. The zero-order chi connectivity index (χ0) is 12.8. The molecule has 1 saturated carbocycles. The third-order valence-corrected chi connectivity index (χ3v) is 4.45. The van der Waals surface area contributed by atoms with Crippen molar-refractivity contribution < 1.29 is 4.74 Å². The third-order valence-electron chi connectivity index (χ3n) is 4.45.